The fourth-order valence-electron chi connectivity index (χ4n) is 8.06. The molecule has 0 radical (unpaired) electrons. The molecule has 0 unspecified atom stereocenters. The second kappa shape index (κ2) is 13.4. The molecule has 0 bridgehead atoms. The minimum atomic E-state index is 0.423. The summed E-state index contributed by atoms with van der Waals surface area (Å²) in [7, 11) is 8.40. The van der Waals surface area contributed by atoms with E-state index in [1.54, 1.807) is 0 Å². The molecule has 55 heavy (non-hydrogen) atoms. The number of hydrogen-bond acceptors (Lipinski definition) is 5. The van der Waals surface area contributed by atoms with Crippen LogP contribution in [0.5, 0.6) is 0 Å². The number of nitrogens with zero attached hydrogens (tertiary/aromatic N) is 7. The van der Waals surface area contributed by atoms with Crippen molar-refractivity contribution in [1.29, 1.82) is 5.26 Å². The lowest BCUT2D eigenvalue weighted by Gasteiger charge is -2.22. The van der Waals surface area contributed by atoms with Gasteiger partial charge in [0, 0.05) is 99.6 Å². The Morgan fingerprint density at radius 2 is 0.891 bits per heavy atom. The Labute approximate surface area is 319 Å². The highest BCUT2D eigenvalue weighted by Crippen LogP contribution is 2.37. The van der Waals surface area contributed by atoms with Crippen molar-refractivity contribution in [3.63, 3.8) is 0 Å². The number of hydrogen-bond donors (Lipinski definition) is 0. The van der Waals surface area contributed by atoms with Crippen LogP contribution in [0.3, 0.4) is 0 Å². The Balaban J connectivity index is 0.000000144. The van der Waals surface area contributed by atoms with Gasteiger partial charge >= 0.3 is 0 Å². The summed E-state index contributed by atoms with van der Waals surface area (Å²) in [4.78, 5) is 13.5. The molecule has 10 aromatic rings. The second-order valence-corrected chi connectivity index (χ2v) is 14.1. The monoisotopic (exact) mass is 713 g/mol. The maximum absolute atomic E-state index is 9.40. The summed E-state index contributed by atoms with van der Waals surface area (Å²) in [5, 5.41) is 16.6. The van der Waals surface area contributed by atoms with Crippen molar-refractivity contribution in [2.24, 2.45) is 14.1 Å². The van der Waals surface area contributed by atoms with E-state index in [1.165, 1.54) is 60.4 Å². The Kier molecular flexibility index (Phi) is 8.17. The van der Waals surface area contributed by atoms with Crippen molar-refractivity contribution >= 4 is 88.2 Å². The fourth-order valence-corrected chi connectivity index (χ4v) is 8.06. The Morgan fingerprint density at radius 3 is 1.40 bits per heavy atom. The summed E-state index contributed by atoms with van der Waals surface area (Å²) in [6.45, 7) is 2.05. The fraction of sp³-hybridized carbons (Fsp3) is 0.104. The summed E-state index contributed by atoms with van der Waals surface area (Å²) in [6, 6.07) is 52.7. The van der Waals surface area contributed by atoms with Crippen molar-refractivity contribution in [1.82, 2.24) is 19.1 Å². The number of rotatable bonds is 4. The minimum absolute atomic E-state index is 0.423. The van der Waals surface area contributed by atoms with Gasteiger partial charge in [-0.2, -0.15) is 5.26 Å². The van der Waals surface area contributed by atoms with Crippen molar-refractivity contribution in [3.8, 4) is 6.07 Å². The third-order valence-electron chi connectivity index (χ3n) is 10.9. The zero-order chi connectivity index (χ0) is 37.8. The van der Waals surface area contributed by atoms with Crippen molar-refractivity contribution in [2.45, 2.75) is 6.92 Å². The van der Waals surface area contributed by atoms with Crippen LogP contribution in [-0.2, 0) is 14.1 Å². The molecular formula is C48H39N7. The van der Waals surface area contributed by atoms with Gasteiger partial charge in [0.15, 0.2) is 0 Å². The number of fused-ring (bicyclic) bond motifs is 8. The molecule has 10 rings (SSSR count). The van der Waals surface area contributed by atoms with Crippen LogP contribution >= 0.6 is 0 Å². The van der Waals surface area contributed by atoms with Crippen molar-refractivity contribution in [2.75, 3.05) is 23.9 Å². The topological polar surface area (TPSA) is 65.9 Å². The first-order valence-electron chi connectivity index (χ1n) is 18.4. The van der Waals surface area contributed by atoms with E-state index in [0.717, 1.165) is 33.5 Å². The first-order chi connectivity index (χ1) is 26.8. The number of para-hydroxylation sites is 4. The molecule has 7 heteroatoms. The van der Waals surface area contributed by atoms with Gasteiger partial charge in [0.2, 0.25) is 0 Å². The maximum atomic E-state index is 9.40. The van der Waals surface area contributed by atoms with E-state index in [4.69, 9.17) is 0 Å². The van der Waals surface area contributed by atoms with Crippen LogP contribution in [0.4, 0.5) is 22.7 Å². The Bertz CT molecular complexity index is 3150. The molecule has 4 aromatic heterocycles. The maximum Gasteiger partial charge on any atom is 0.143 e. The van der Waals surface area contributed by atoms with Gasteiger partial charge in [0.05, 0.1) is 22.4 Å². The van der Waals surface area contributed by atoms with Crippen molar-refractivity contribution in [3.05, 3.63) is 157 Å². The van der Waals surface area contributed by atoms with Gasteiger partial charge in [-0.15, -0.1) is 0 Å². The van der Waals surface area contributed by atoms with Gasteiger partial charge in [0.1, 0.15) is 11.8 Å². The van der Waals surface area contributed by atoms with Gasteiger partial charge in [-0.25, -0.2) is 4.98 Å². The predicted molar refractivity (Wildman–Crippen MR) is 230 cm³/mol. The molecule has 266 valence electrons. The third kappa shape index (κ3) is 5.67. The summed E-state index contributed by atoms with van der Waals surface area (Å²) in [5.74, 6) is 0. The number of benzene rings is 6. The normalized spacial score (nSPS) is 11.3. The molecule has 0 aliphatic carbocycles. The van der Waals surface area contributed by atoms with Crippen LogP contribution in [0.2, 0.25) is 0 Å². The Morgan fingerprint density at radius 1 is 0.473 bits per heavy atom. The van der Waals surface area contributed by atoms with Gasteiger partial charge in [-0.3, -0.25) is 4.98 Å². The summed E-state index contributed by atoms with van der Waals surface area (Å²) in [5.41, 5.74) is 12.7. The SMILES string of the molecule is CN(c1ccc2c(c1)c1ccccc1n2C)c1cc(C#N)nc2ccccc12.Cc1cc(N(C)c2ccc3c(c2)c2ccccc2n3C)c2ccccc2n1. The molecule has 0 amide bonds. The van der Waals surface area contributed by atoms with Gasteiger partial charge in [0.25, 0.3) is 0 Å². The Hall–Kier alpha value is -7.17. The molecule has 0 saturated carbocycles. The molecule has 7 nitrogen and oxygen atoms in total. The number of pyridine rings is 2. The molecule has 0 fully saturated rings. The van der Waals surface area contributed by atoms with Crippen LogP contribution in [0.15, 0.2) is 146 Å². The van der Waals surface area contributed by atoms with E-state index in [0.29, 0.717) is 5.69 Å². The van der Waals surface area contributed by atoms with E-state index in [9.17, 15) is 5.26 Å². The van der Waals surface area contributed by atoms with Crippen LogP contribution in [0.25, 0.3) is 65.4 Å². The second-order valence-electron chi connectivity index (χ2n) is 14.1. The lowest BCUT2D eigenvalue weighted by molar-refractivity contribution is 1.01. The highest BCUT2D eigenvalue weighted by Gasteiger charge is 2.16. The van der Waals surface area contributed by atoms with Crippen LogP contribution in [-0.4, -0.2) is 33.2 Å². The zero-order valence-corrected chi connectivity index (χ0v) is 31.5. The van der Waals surface area contributed by atoms with E-state index in [-0.39, 0.29) is 0 Å². The smallest absolute Gasteiger partial charge is 0.143 e. The number of anilines is 4. The highest BCUT2D eigenvalue weighted by atomic mass is 15.1. The minimum Gasteiger partial charge on any atom is -0.344 e. The van der Waals surface area contributed by atoms with E-state index in [2.05, 4.69) is 172 Å². The zero-order valence-electron chi connectivity index (χ0n) is 31.5. The number of aromatic nitrogens is 4. The first-order valence-corrected chi connectivity index (χ1v) is 18.4. The first kappa shape index (κ1) is 33.7. The van der Waals surface area contributed by atoms with E-state index >= 15 is 0 Å². The molecule has 0 aliphatic heterocycles. The highest BCUT2D eigenvalue weighted by molar-refractivity contribution is 6.10. The molecule has 0 atom stereocenters. The summed E-state index contributed by atoms with van der Waals surface area (Å²) >= 11 is 0. The number of aryl methyl sites for hydroxylation is 3. The lowest BCUT2D eigenvalue weighted by atomic mass is 10.1. The third-order valence-corrected chi connectivity index (χ3v) is 10.9. The molecule has 0 spiro atoms. The summed E-state index contributed by atoms with van der Waals surface area (Å²) < 4.78 is 4.49. The molecule has 0 N–H and O–H groups in total. The van der Waals surface area contributed by atoms with Gasteiger partial charge in [-0.1, -0.05) is 72.8 Å². The van der Waals surface area contributed by atoms with E-state index < -0.39 is 0 Å². The van der Waals surface area contributed by atoms with Crippen LogP contribution in [0, 0.1) is 18.3 Å². The standard InChI is InChI=1S/C24H18N4.C24H21N3/c1-27(24-13-16(15-25)26-21-9-5-3-8-19(21)24)17-11-12-23-20(14-17)18-7-4-6-10-22(18)28(23)2;1-16-14-24(19-9-4-6-10-21(19)25-16)26(2)17-12-13-23-20(15-17)18-8-5-7-11-22(18)27(23)3/h3-14H,1-2H3;4-15H,1-3H3. The quantitative estimate of drug-likeness (QED) is 0.182. The van der Waals surface area contributed by atoms with Gasteiger partial charge < -0.3 is 18.9 Å². The molecule has 0 aliphatic rings. The molecule has 4 heterocycles. The molecule has 6 aromatic carbocycles. The van der Waals surface area contributed by atoms with E-state index in [1.807, 2.05) is 43.4 Å². The van der Waals surface area contributed by atoms with Crippen LogP contribution in [0.1, 0.15) is 11.4 Å². The molecular weight excluding hydrogens is 675 g/mol. The average Bonchev–Trinajstić information content (AvgIpc) is 3.68. The number of nitriles is 1. The average molecular weight is 714 g/mol. The summed E-state index contributed by atoms with van der Waals surface area (Å²) in [6.07, 6.45) is 0. The van der Waals surface area contributed by atoms with Crippen LogP contribution < -0.4 is 9.80 Å². The molecule has 0 saturated heterocycles. The lowest BCUT2D eigenvalue weighted by Crippen LogP contribution is -2.10. The largest absolute Gasteiger partial charge is 0.344 e. The van der Waals surface area contributed by atoms with Gasteiger partial charge in [-0.05, 0) is 79.7 Å². The van der Waals surface area contributed by atoms with Crippen molar-refractivity contribution < 1.29 is 0 Å². The predicted octanol–water partition coefficient (Wildman–Crippen LogP) is 11.5.